The van der Waals surface area contributed by atoms with Crippen molar-refractivity contribution in [3.8, 4) is 0 Å². The molecule has 19 heavy (non-hydrogen) atoms. The third-order valence-electron chi connectivity index (χ3n) is 2.41. The first-order chi connectivity index (χ1) is 9.19. The molecule has 0 aliphatic heterocycles. The van der Waals surface area contributed by atoms with Gasteiger partial charge in [-0.05, 0) is 24.0 Å². The summed E-state index contributed by atoms with van der Waals surface area (Å²) in [4.78, 5) is 20.7. The van der Waals surface area contributed by atoms with Crippen LogP contribution in [0, 0.1) is 0 Å². The maximum Gasteiger partial charge on any atom is 0.229 e. The lowest BCUT2D eigenvalue weighted by atomic mass is 10.1. The lowest BCUT2D eigenvalue weighted by Gasteiger charge is -2.06. The van der Waals surface area contributed by atoms with Crippen LogP contribution in [0.2, 0.25) is 5.02 Å². The summed E-state index contributed by atoms with van der Waals surface area (Å²) < 4.78 is 0. The van der Waals surface area contributed by atoms with Gasteiger partial charge < -0.3 is 5.32 Å². The van der Waals surface area contributed by atoms with Gasteiger partial charge in [-0.1, -0.05) is 17.7 Å². The smallest absolute Gasteiger partial charge is 0.229 e. The number of benzene rings is 1. The zero-order valence-electron chi connectivity index (χ0n) is 10.3. The van der Waals surface area contributed by atoms with Gasteiger partial charge in [0.1, 0.15) is 0 Å². The maximum atomic E-state index is 11.8. The molecule has 2 aromatic rings. The molecule has 1 aromatic carbocycles. The number of carbonyl (C=O) groups is 1. The fourth-order valence-corrected chi connectivity index (χ4v) is 2.45. The predicted molar refractivity (Wildman–Crippen MR) is 77.6 cm³/mol. The number of thioether (sulfide) groups is 1. The minimum absolute atomic E-state index is 0.145. The van der Waals surface area contributed by atoms with Gasteiger partial charge in [0.2, 0.25) is 5.91 Å². The van der Waals surface area contributed by atoms with E-state index in [0.717, 1.165) is 10.5 Å². The lowest BCUT2D eigenvalue weighted by Crippen LogP contribution is -2.15. The predicted octanol–water partition coefficient (Wildman–Crippen LogP) is 3.03. The molecule has 0 saturated carbocycles. The Balaban J connectivity index is 2.01. The number of rotatable bonds is 4. The molecule has 6 heteroatoms. The normalized spacial score (nSPS) is 10.2. The molecular weight excluding hydrogens is 282 g/mol. The Kier molecular flexibility index (Phi) is 4.76. The third-order valence-corrected chi connectivity index (χ3v) is 3.63. The molecule has 0 fully saturated rings. The van der Waals surface area contributed by atoms with E-state index in [2.05, 4.69) is 15.3 Å². The number of carbonyl (C=O) groups excluding carboxylic acids is 1. The fourth-order valence-electron chi connectivity index (χ4n) is 1.56. The largest absolute Gasteiger partial charge is 0.309 e. The Morgan fingerprint density at radius 3 is 2.89 bits per heavy atom. The Morgan fingerprint density at radius 2 is 2.26 bits per heavy atom. The molecule has 0 atom stereocenters. The highest BCUT2D eigenvalue weighted by Gasteiger charge is 2.07. The van der Waals surface area contributed by atoms with Crippen molar-refractivity contribution in [2.75, 3.05) is 11.6 Å². The SMILES string of the molecule is CSc1ccc(CC(=O)Nc2cnccn2)cc1Cl. The molecule has 2 rings (SSSR count). The molecule has 0 radical (unpaired) electrons. The Hall–Kier alpha value is -1.59. The van der Waals surface area contributed by atoms with Crippen molar-refractivity contribution in [1.82, 2.24) is 9.97 Å². The van der Waals surface area contributed by atoms with Crippen LogP contribution in [0.4, 0.5) is 5.82 Å². The lowest BCUT2D eigenvalue weighted by molar-refractivity contribution is -0.115. The highest BCUT2D eigenvalue weighted by atomic mass is 35.5. The van der Waals surface area contributed by atoms with Gasteiger partial charge in [-0.15, -0.1) is 11.8 Å². The summed E-state index contributed by atoms with van der Waals surface area (Å²) in [6.45, 7) is 0. The molecule has 1 amide bonds. The molecule has 1 aromatic heterocycles. The third kappa shape index (κ3) is 3.94. The van der Waals surface area contributed by atoms with Crippen LogP contribution in [0.5, 0.6) is 0 Å². The van der Waals surface area contributed by atoms with Crippen LogP contribution in [0.25, 0.3) is 0 Å². The van der Waals surface area contributed by atoms with Crippen molar-refractivity contribution >= 4 is 35.1 Å². The quantitative estimate of drug-likeness (QED) is 0.880. The van der Waals surface area contributed by atoms with Gasteiger partial charge in [-0.2, -0.15) is 0 Å². The summed E-state index contributed by atoms with van der Waals surface area (Å²) >= 11 is 7.67. The minimum Gasteiger partial charge on any atom is -0.309 e. The molecule has 0 saturated heterocycles. The second-order valence-corrected chi connectivity index (χ2v) is 5.04. The minimum atomic E-state index is -0.145. The van der Waals surface area contributed by atoms with E-state index < -0.39 is 0 Å². The maximum absolute atomic E-state index is 11.8. The number of nitrogens with one attached hydrogen (secondary N) is 1. The molecule has 1 N–H and O–H groups in total. The second kappa shape index (κ2) is 6.54. The first-order valence-corrected chi connectivity index (χ1v) is 7.17. The molecular formula is C13H12ClN3OS. The number of hydrogen-bond acceptors (Lipinski definition) is 4. The summed E-state index contributed by atoms with van der Waals surface area (Å²) in [5, 5.41) is 3.34. The van der Waals surface area contributed by atoms with Crippen LogP contribution in [-0.2, 0) is 11.2 Å². The zero-order chi connectivity index (χ0) is 13.7. The van der Waals surface area contributed by atoms with Gasteiger partial charge in [-0.25, -0.2) is 4.98 Å². The number of halogens is 1. The topological polar surface area (TPSA) is 54.9 Å². The van der Waals surface area contributed by atoms with Crippen LogP contribution in [0.15, 0.2) is 41.7 Å². The van der Waals surface area contributed by atoms with E-state index in [1.807, 2.05) is 24.5 Å². The van der Waals surface area contributed by atoms with E-state index in [0.29, 0.717) is 10.8 Å². The summed E-state index contributed by atoms with van der Waals surface area (Å²) in [5.41, 5.74) is 0.865. The second-order valence-electron chi connectivity index (χ2n) is 3.78. The molecule has 1 heterocycles. The van der Waals surface area contributed by atoms with Gasteiger partial charge in [0.25, 0.3) is 0 Å². The van der Waals surface area contributed by atoms with E-state index in [9.17, 15) is 4.79 Å². The van der Waals surface area contributed by atoms with Gasteiger partial charge in [0.05, 0.1) is 17.6 Å². The summed E-state index contributed by atoms with van der Waals surface area (Å²) in [5.74, 6) is 0.299. The monoisotopic (exact) mass is 293 g/mol. The van der Waals surface area contributed by atoms with Crippen molar-refractivity contribution in [3.63, 3.8) is 0 Å². The summed E-state index contributed by atoms with van der Waals surface area (Å²) in [6, 6.07) is 5.62. The van der Waals surface area contributed by atoms with Crippen molar-refractivity contribution in [2.45, 2.75) is 11.3 Å². The summed E-state index contributed by atoms with van der Waals surface area (Å²) in [6.07, 6.45) is 6.80. The molecule has 0 aliphatic carbocycles. The van der Waals surface area contributed by atoms with Crippen LogP contribution in [0.3, 0.4) is 0 Å². The molecule has 0 unspecified atom stereocenters. The van der Waals surface area contributed by atoms with Gasteiger partial charge in [-0.3, -0.25) is 9.78 Å². The summed E-state index contributed by atoms with van der Waals surface area (Å²) in [7, 11) is 0. The Labute approximate surface area is 120 Å². The van der Waals surface area contributed by atoms with Crippen LogP contribution >= 0.6 is 23.4 Å². The fraction of sp³-hybridized carbons (Fsp3) is 0.154. The molecule has 0 aliphatic rings. The number of nitrogens with zero attached hydrogens (tertiary/aromatic N) is 2. The highest BCUT2D eigenvalue weighted by Crippen LogP contribution is 2.26. The van der Waals surface area contributed by atoms with Crippen molar-refractivity contribution in [3.05, 3.63) is 47.4 Å². The average Bonchev–Trinajstić information content (AvgIpc) is 2.40. The van der Waals surface area contributed by atoms with Crippen LogP contribution in [-0.4, -0.2) is 22.1 Å². The van der Waals surface area contributed by atoms with E-state index in [4.69, 9.17) is 11.6 Å². The first kappa shape index (κ1) is 13.8. The highest BCUT2D eigenvalue weighted by molar-refractivity contribution is 7.98. The van der Waals surface area contributed by atoms with E-state index in [1.54, 1.807) is 18.0 Å². The Bertz CT molecular complexity index is 577. The molecule has 98 valence electrons. The molecule has 0 spiro atoms. The van der Waals surface area contributed by atoms with Crippen molar-refractivity contribution < 1.29 is 4.79 Å². The van der Waals surface area contributed by atoms with E-state index >= 15 is 0 Å². The van der Waals surface area contributed by atoms with Crippen molar-refractivity contribution in [2.24, 2.45) is 0 Å². The van der Waals surface area contributed by atoms with Crippen LogP contribution in [0.1, 0.15) is 5.56 Å². The van der Waals surface area contributed by atoms with E-state index in [-0.39, 0.29) is 12.3 Å². The Morgan fingerprint density at radius 1 is 1.42 bits per heavy atom. The van der Waals surface area contributed by atoms with Gasteiger partial charge >= 0.3 is 0 Å². The zero-order valence-corrected chi connectivity index (χ0v) is 11.8. The van der Waals surface area contributed by atoms with Gasteiger partial charge in [0, 0.05) is 17.3 Å². The molecule has 0 bridgehead atoms. The number of amides is 1. The van der Waals surface area contributed by atoms with Gasteiger partial charge in [0.15, 0.2) is 5.82 Å². The molecule has 4 nitrogen and oxygen atoms in total. The van der Waals surface area contributed by atoms with Crippen LogP contribution < -0.4 is 5.32 Å². The number of anilines is 1. The number of aromatic nitrogens is 2. The van der Waals surface area contributed by atoms with Crippen molar-refractivity contribution in [1.29, 1.82) is 0 Å². The average molecular weight is 294 g/mol. The van der Waals surface area contributed by atoms with E-state index in [1.165, 1.54) is 12.4 Å². The standard InChI is InChI=1S/C13H12ClN3OS/c1-19-11-3-2-9(6-10(11)14)7-13(18)17-12-8-15-4-5-16-12/h2-6,8H,7H2,1H3,(H,16,17,18). The number of hydrogen-bond donors (Lipinski definition) is 1. The first-order valence-electron chi connectivity index (χ1n) is 5.57.